The average Bonchev–Trinajstić information content (AvgIpc) is 2.67. The molecule has 2 heterocycles. The van der Waals surface area contributed by atoms with E-state index in [-0.39, 0.29) is 0 Å². The summed E-state index contributed by atoms with van der Waals surface area (Å²) in [4.78, 5) is 13.1. The minimum absolute atomic E-state index is 0.345. The van der Waals surface area contributed by atoms with Crippen molar-refractivity contribution in [3.8, 4) is 11.4 Å². The van der Waals surface area contributed by atoms with Crippen LogP contribution in [0.15, 0.2) is 54.9 Å². The van der Waals surface area contributed by atoms with Gasteiger partial charge in [0, 0.05) is 41.3 Å². The minimum atomic E-state index is -0.651. The lowest BCUT2D eigenvalue weighted by molar-refractivity contribution is 0.191. The first-order valence-electron chi connectivity index (χ1n) is 8.11. The van der Waals surface area contributed by atoms with Crippen molar-refractivity contribution in [2.75, 3.05) is 11.9 Å². The molecule has 0 aliphatic rings. The number of aliphatic hydroxyl groups excluding tert-OH is 1. The second-order valence-electron chi connectivity index (χ2n) is 5.61. The van der Waals surface area contributed by atoms with E-state index in [4.69, 9.17) is 11.6 Å². The first-order valence-corrected chi connectivity index (χ1v) is 8.49. The minimum Gasteiger partial charge on any atom is -0.387 e. The number of pyridine rings is 1. The number of nitrogens with one attached hydrogen (secondary N) is 1. The molecule has 0 aliphatic carbocycles. The Morgan fingerprint density at radius 2 is 1.80 bits per heavy atom. The maximum absolute atomic E-state index is 10.3. The zero-order chi connectivity index (χ0) is 17.6. The molecule has 2 N–H and O–H groups in total. The topological polar surface area (TPSA) is 70.9 Å². The molecule has 2 aromatic heterocycles. The van der Waals surface area contributed by atoms with Crippen LogP contribution in [0.25, 0.3) is 11.4 Å². The van der Waals surface area contributed by atoms with Gasteiger partial charge in [-0.05, 0) is 36.2 Å². The van der Waals surface area contributed by atoms with Crippen molar-refractivity contribution in [3.05, 3.63) is 71.1 Å². The molecule has 3 rings (SSSR count). The Morgan fingerprint density at radius 3 is 2.48 bits per heavy atom. The van der Waals surface area contributed by atoms with E-state index < -0.39 is 6.10 Å². The molecule has 25 heavy (non-hydrogen) atoms. The first kappa shape index (κ1) is 17.3. The van der Waals surface area contributed by atoms with Crippen LogP contribution in [0, 0.1) is 0 Å². The van der Waals surface area contributed by atoms with Gasteiger partial charge in [-0.1, -0.05) is 30.7 Å². The van der Waals surface area contributed by atoms with Gasteiger partial charge in [-0.2, -0.15) is 0 Å². The highest BCUT2D eigenvalue weighted by Gasteiger charge is 2.10. The van der Waals surface area contributed by atoms with Gasteiger partial charge in [0.1, 0.15) is 5.82 Å². The molecule has 0 fully saturated rings. The number of aryl methyl sites for hydroxylation is 1. The monoisotopic (exact) mass is 354 g/mol. The van der Waals surface area contributed by atoms with Gasteiger partial charge < -0.3 is 10.4 Å². The predicted molar refractivity (Wildman–Crippen MR) is 99.5 cm³/mol. The molecule has 1 aromatic carbocycles. The molecule has 0 spiro atoms. The molecule has 0 saturated heterocycles. The molecular weight excluding hydrogens is 336 g/mol. The van der Waals surface area contributed by atoms with E-state index in [1.165, 1.54) is 0 Å². The third kappa shape index (κ3) is 4.53. The molecule has 0 saturated carbocycles. The SMILES string of the molecule is CCc1cc(NCC(O)c2ccc(Cl)cc2)nc(-c2ccncc2)n1. The van der Waals surface area contributed by atoms with E-state index in [1.807, 2.05) is 37.3 Å². The third-order valence-electron chi connectivity index (χ3n) is 3.81. The number of hydrogen-bond acceptors (Lipinski definition) is 5. The quantitative estimate of drug-likeness (QED) is 0.702. The van der Waals surface area contributed by atoms with Gasteiger partial charge in [0.15, 0.2) is 5.82 Å². The van der Waals surface area contributed by atoms with E-state index >= 15 is 0 Å². The zero-order valence-electron chi connectivity index (χ0n) is 13.9. The molecule has 6 heteroatoms. The van der Waals surface area contributed by atoms with Gasteiger partial charge in [-0.15, -0.1) is 0 Å². The van der Waals surface area contributed by atoms with Crippen molar-refractivity contribution >= 4 is 17.4 Å². The van der Waals surface area contributed by atoms with Crippen molar-refractivity contribution in [2.45, 2.75) is 19.4 Å². The molecule has 0 amide bonds. The van der Waals surface area contributed by atoms with Gasteiger partial charge in [0.2, 0.25) is 0 Å². The van der Waals surface area contributed by atoms with Crippen LogP contribution in [0.1, 0.15) is 24.3 Å². The molecule has 1 atom stereocenters. The predicted octanol–water partition coefficient (Wildman–Crippen LogP) is 3.90. The summed E-state index contributed by atoms with van der Waals surface area (Å²) in [6.07, 6.45) is 3.58. The highest BCUT2D eigenvalue weighted by molar-refractivity contribution is 6.30. The average molecular weight is 355 g/mol. The summed E-state index contributed by atoms with van der Waals surface area (Å²) in [5, 5.41) is 14.2. The van der Waals surface area contributed by atoms with Crippen LogP contribution in [-0.4, -0.2) is 26.6 Å². The number of hydrogen-bond donors (Lipinski definition) is 2. The molecular formula is C19H19ClN4O. The second-order valence-corrected chi connectivity index (χ2v) is 6.04. The van der Waals surface area contributed by atoms with Crippen molar-refractivity contribution in [2.24, 2.45) is 0 Å². The smallest absolute Gasteiger partial charge is 0.161 e. The fourth-order valence-electron chi connectivity index (χ4n) is 2.40. The van der Waals surface area contributed by atoms with Crippen molar-refractivity contribution < 1.29 is 5.11 Å². The summed E-state index contributed by atoms with van der Waals surface area (Å²) in [5.41, 5.74) is 2.65. The number of anilines is 1. The standard InChI is InChI=1S/C19H19ClN4O/c1-2-16-11-18(24-19(23-16)14-7-9-21-10-8-14)22-12-17(25)13-3-5-15(20)6-4-13/h3-11,17,25H,2,12H2,1H3,(H,22,23,24). The Hall–Kier alpha value is -2.50. The summed E-state index contributed by atoms with van der Waals surface area (Å²) in [6.45, 7) is 2.39. The normalized spacial score (nSPS) is 12.0. The summed E-state index contributed by atoms with van der Waals surface area (Å²) < 4.78 is 0. The molecule has 128 valence electrons. The Bertz CT molecular complexity index is 825. The molecule has 0 bridgehead atoms. The van der Waals surface area contributed by atoms with Gasteiger partial charge in [-0.25, -0.2) is 9.97 Å². The lowest BCUT2D eigenvalue weighted by atomic mass is 10.1. The maximum Gasteiger partial charge on any atom is 0.161 e. The highest BCUT2D eigenvalue weighted by Crippen LogP contribution is 2.20. The fourth-order valence-corrected chi connectivity index (χ4v) is 2.53. The lowest BCUT2D eigenvalue weighted by Gasteiger charge is -2.14. The van der Waals surface area contributed by atoms with Crippen LogP contribution in [-0.2, 0) is 6.42 Å². The van der Waals surface area contributed by atoms with Gasteiger partial charge >= 0.3 is 0 Å². The Labute approximate surface area is 151 Å². The number of aliphatic hydroxyl groups is 1. The zero-order valence-corrected chi connectivity index (χ0v) is 14.6. The van der Waals surface area contributed by atoms with Gasteiger partial charge in [0.05, 0.1) is 6.10 Å². The number of rotatable bonds is 6. The molecule has 0 radical (unpaired) electrons. The van der Waals surface area contributed by atoms with Crippen LogP contribution in [0.4, 0.5) is 5.82 Å². The molecule has 5 nitrogen and oxygen atoms in total. The van der Waals surface area contributed by atoms with E-state index in [0.717, 1.165) is 23.2 Å². The highest BCUT2D eigenvalue weighted by atomic mass is 35.5. The summed E-state index contributed by atoms with van der Waals surface area (Å²) >= 11 is 5.88. The maximum atomic E-state index is 10.3. The Morgan fingerprint density at radius 1 is 1.08 bits per heavy atom. The van der Waals surface area contributed by atoms with Crippen molar-refractivity contribution in [1.29, 1.82) is 0 Å². The number of nitrogens with zero attached hydrogens (tertiary/aromatic N) is 3. The summed E-state index contributed by atoms with van der Waals surface area (Å²) in [5.74, 6) is 1.33. The van der Waals surface area contributed by atoms with E-state index in [1.54, 1.807) is 24.5 Å². The molecule has 0 aliphatic heterocycles. The second kappa shape index (κ2) is 8.05. The fraction of sp³-hybridized carbons (Fsp3) is 0.211. The van der Waals surface area contributed by atoms with Crippen molar-refractivity contribution in [1.82, 2.24) is 15.0 Å². The lowest BCUT2D eigenvalue weighted by Crippen LogP contribution is -2.13. The molecule has 1 unspecified atom stereocenters. The van der Waals surface area contributed by atoms with Crippen LogP contribution in [0.2, 0.25) is 5.02 Å². The Kier molecular flexibility index (Phi) is 5.58. The van der Waals surface area contributed by atoms with Crippen molar-refractivity contribution in [3.63, 3.8) is 0 Å². The van der Waals surface area contributed by atoms with E-state index in [2.05, 4.69) is 20.3 Å². The van der Waals surface area contributed by atoms with Crippen LogP contribution >= 0.6 is 11.6 Å². The van der Waals surface area contributed by atoms with Crippen LogP contribution < -0.4 is 5.32 Å². The largest absolute Gasteiger partial charge is 0.387 e. The molecule has 3 aromatic rings. The number of aromatic nitrogens is 3. The number of halogens is 1. The summed E-state index contributed by atoms with van der Waals surface area (Å²) in [7, 11) is 0. The van der Waals surface area contributed by atoms with E-state index in [9.17, 15) is 5.11 Å². The first-order chi connectivity index (χ1) is 12.2. The van der Waals surface area contributed by atoms with Crippen LogP contribution in [0.3, 0.4) is 0 Å². The van der Waals surface area contributed by atoms with Gasteiger partial charge in [-0.3, -0.25) is 4.98 Å². The number of benzene rings is 1. The summed E-state index contributed by atoms with van der Waals surface area (Å²) in [6, 6.07) is 12.8. The third-order valence-corrected chi connectivity index (χ3v) is 4.06. The van der Waals surface area contributed by atoms with E-state index in [0.29, 0.717) is 23.2 Å². The Balaban J connectivity index is 1.76. The van der Waals surface area contributed by atoms with Gasteiger partial charge in [0.25, 0.3) is 0 Å². The van der Waals surface area contributed by atoms with Crippen LogP contribution in [0.5, 0.6) is 0 Å².